The number of thioether (sulfide) groups is 1. The van der Waals surface area contributed by atoms with E-state index < -0.39 is 0 Å². The number of thiazole rings is 1. The Morgan fingerprint density at radius 3 is 2.57 bits per heavy atom. The van der Waals surface area contributed by atoms with Crippen molar-refractivity contribution in [2.24, 2.45) is 0 Å². The molecule has 0 fully saturated rings. The third kappa shape index (κ3) is 4.54. The lowest BCUT2D eigenvalue weighted by Gasteiger charge is -2.17. The highest BCUT2D eigenvalue weighted by molar-refractivity contribution is 8.02. The van der Waals surface area contributed by atoms with Crippen molar-refractivity contribution < 1.29 is 9.18 Å². The van der Waals surface area contributed by atoms with E-state index in [0.29, 0.717) is 0 Å². The number of hydrogen-bond acceptors (Lipinski definition) is 4. The van der Waals surface area contributed by atoms with Gasteiger partial charge in [0.2, 0.25) is 5.91 Å². The molecule has 21 heavy (non-hydrogen) atoms. The zero-order valence-electron chi connectivity index (χ0n) is 12.1. The van der Waals surface area contributed by atoms with Gasteiger partial charge in [0.15, 0.2) is 4.34 Å². The van der Waals surface area contributed by atoms with Crippen LogP contribution in [0.5, 0.6) is 0 Å². The number of nitrogens with one attached hydrogen (secondary N) is 1. The minimum absolute atomic E-state index is 0.0512. The van der Waals surface area contributed by atoms with E-state index in [4.69, 9.17) is 0 Å². The summed E-state index contributed by atoms with van der Waals surface area (Å²) >= 11 is 2.99. The van der Waals surface area contributed by atoms with Crippen LogP contribution in [0.15, 0.2) is 34.0 Å². The molecule has 1 heterocycles. The van der Waals surface area contributed by atoms with Crippen molar-refractivity contribution >= 4 is 29.0 Å². The number of hydrogen-bond donors (Lipinski definition) is 1. The van der Waals surface area contributed by atoms with Crippen LogP contribution in [0.2, 0.25) is 0 Å². The van der Waals surface area contributed by atoms with E-state index in [1.54, 1.807) is 23.5 Å². The maximum absolute atomic E-state index is 12.9. The fourth-order valence-electron chi connectivity index (χ4n) is 1.76. The minimum atomic E-state index is -0.277. The largest absolute Gasteiger partial charge is 0.349 e. The molecule has 0 aliphatic carbocycles. The lowest BCUT2D eigenvalue weighted by atomic mass is 10.1. The second-order valence-electron chi connectivity index (χ2n) is 4.80. The van der Waals surface area contributed by atoms with Crippen LogP contribution in [0, 0.1) is 12.7 Å². The zero-order valence-corrected chi connectivity index (χ0v) is 13.7. The summed E-state index contributed by atoms with van der Waals surface area (Å²) in [6.45, 7) is 5.67. The molecule has 1 N–H and O–H groups in total. The van der Waals surface area contributed by atoms with E-state index in [0.717, 1.165) is 15.6 Å². The number of aromatic nitrogens is 1. The van der Waals surface area contributed by atoms with Crippen LogP contribution in [0.25, 0.3) is 0 Å². The molecule has 2 aromatic rings. The average molecular weight is 324 g/mol. The highest BCUT2D eigenvalue weighted by Crippen LogP contribution is 2.27. The van der Waals surface area contributed by atoms with Gasteiger partial charge in [-0.3, -0.25) is 4.79 Å². The summed E-state index contributed by atoms with van der Waals surface area (Å²) in [5.74, 6) is -0.329. The first-order valence-electron chi connectivity index (χ1n) is 6.60. The summed E-state index contributed by atoms with van der Waals surface area (Å²) in [5.41, 5.74) is 1.85. The number of aryl methyl sites for hydroxylation is 1. The second kappa shape index (κ2) is 7.04. The molecule has 1 aromatic heterocycles. The monoisotopic (exact) mass is 324 g/mol. The van der Waals surface area contributed by atoms with Crippen molar-refractivity contribution in [3.63, 3.8) is 0 Å². The zero-order chi connectivity index (χ0) is 15.4. The summed E-state index contributed by atoms with van der Waals surface area (Å²) in [6, 6.07) is 6.01. The first kappa shape index (κ1) is 16.0. The van der Waals surface area contributed by atoms with Gasteiger partial charge in [0.1, 0.15) is 5.82 Å². The number of benzene rings is 1. The maximum Gasteiger partial charge on any atom is 0.233 e. The molecule has 112 valence electrons. The molecule has 0 unspecified atom stereocenters. The summed E-state index contributed by atoms with van der Waals surface area (Å²) in [6.07, 6.45) is 0. The first-order chi connectivity index (χ1) is 9.95. The van der Waals surface area contributed by atoms with Crippen LogP contribution in [0.4, 0.5) is 4.39 Å². The fourth-order valence-corrected chi connectivity index (χ4v) is 3.75. The van der Waals surface area contributed by atoms with Gasteiger partial charge in [-0.15, -0.1) is 11.3 Å². The number of carbonyl (C=O) groups excluding carboxylic acids is 1. The lowest BCUT2D eigenvalue weighted by Crippen LogP contribution is -2.33. The number of amides is 1. The predicted molar refractivity (Wildman–Crippen MR) is 85.1 cm³/mol. The Bertz CT molecular complexity index is 612. The van der Waals surface area contributed by atoms with Gasteiger partial charge in [-0.05, 0) is 38.5 Å². The van der Waals surface area contributed by atoms with Crippen LogP contribution < -0.4 is 5.32 Å². The molecule has 0 radical (unpaired) electrons. The number of carbonyl (C=O) groups is 1. The molecule has 0 bridgehead atoms. The number of nitrogens with zero attached hydrogens (tertiary/aromatic N) is 1. The summed E-state index contributed by atoms with van der Waals surface area (Å²) in [5, 5.41) is 4.68. The molecule has 6 heteroatoms. The van der Waals surface area contributed by atoms with E-state index in [9.17, 15) is 9.18 Å². The topological polar surface area (TPSA) is 42.0 Å². The van der Waals surface area contributed by atoms with Gasteiger partial charge < -0.3 is 5.32 Å². The van der Waals surface area contributed by atoms with Crippen LogP contribution in [-0.2, 0) is 4.79 Å². The van der Waals surface area contributed by atoms with Gasteiger partial charge in [0.25, 0.3) is 0 Å². The molecule has 0 saturated heterocycles. The highest BCUT2D eigenvalue weighted by atomic mass is 32.2. The number of rotatable bonds is 5. The standard InChI is InChI=1S/C15H17FN2OS2/c1-9-8-20-15(17-9)21-11(3)14(19)18-10(2)12-4-6-13(16)7-5-12/h4-8,10-11H,1-3H3,(H,18,19)/t10-,11-/m0/s1. The molecular formula is C15H17FN2OS2. The van der Waals surface area contributed by atoms with E-state index >= 15 is 0 Å². The normalized spacial score (nSPS) is 13.7. The van der Waals surface area contributed by atoms with Gasteiger partial charge >= 0.3 is 0 Å². The van der Waals surface area contributed by atoms with Crippen molar-refractivity contribution in [3.05, 3.63) is 46.7 Å². The quantitative estimate of drug-likeness (QED) is 0.847. The third-order valence-corrected chi connectivity index (χ3v) is 5.16. The Balaban J connectivity index is 1.92. The van der Waals surface area contributed by atoms with Crippen molar-refractivity contribution in [1.82, 2.24) is 10.3 Å². The van der Waals surface area contributed by atoms with Gasteiger partial charge in [-0.1, -0.05) is 23.9 Å². The molecule has 1 amide bonds. The Morgan fingerprint density at radius 1 is 1.33 bits per heavy atom. The molecule has 0 aliphatic heterocycles. The molecular weight excluding hydrogens is 307 g/mol. The third-order valence-electron chi connectivity index (χ3n) is 2.97. The van der Waals surface area contributed by atoms with Crippen LogP contribution in [0.3, 0.4) is 0 Å². The van der Waals surface area contributed by atoms with Gasteiger partial charge in [0, 0.05) is 11.1 Å². The Morgan fingerprint density at radius 2 is 2.00 bits per heavy atom. The van der Waals surface area contributed by atoms with Gasteiger partial charge in [0.05, 0.1) is 11.3 Å². The molecule has 0 aliphatic rings. The summed E-state index contributed by atoms with van der Waals surface area (Å²) in [7, 11) is 0. The van der Waals surface area contributed by atoms with Crippen molar-refractivity contribution in [3.8, 4) is 0 Å². The highest BCUT2D eigenvalue weighted by Gasteiger charge is 2.18. The van der Waals surface area contributed by atoms with Gasteiger partial charge in [-0.2, -0.15) is 0 Å². The smallest absolute Gasteiger partial charge is 0.233 e. The van der Waals surface area contributed by atoms with Crippen LogP contribution in [-0.4, -0.2) is 16.1 Å². The Kier molecular flexibility index (Phi) is 5.36. The minimum Gasteiger partial charge on any atom is -0.349 e. The fraction of sp³-hybridized carbons (Fsp3) is 0.333. The Labute approximate surface area is 132 Å². The van der Waals surface area contributed by atoms with Crippen LogP contribution in [0.1, 0.15) is 31.1 Å². The molecule has 3 nitrogen and oxygen atoms in total. The molecule has 2 atom stereocenters. The van der Waals surface area contributed by atoms with Crippen LogP contribution >= 0.6 is 23.1 Å². The van der Waals surface area contributed by atoms with E-state index in [2.05, 4.69) is 10.3 Å². The van der Waals surface area contributed by atoms with E-state index in [1.165, 1.54) is 23.9 Å². The molecule has 0 saturated carbocycles. The van der Waals surface area contributed by atoms with Crippen molar-refractivity contribution in [2.75, 3.05) is 0 Å². The Hall–Kier alpha value is -1.40. The lowest BCUT2D eigenvalue weighted by molar-refractivity contribution is -0.120. The molecule has 1 aromatic carbocycles. The van der Waals surface area contributed by atoms with Gasteiger partial charge in [-0.25, -0.2) is 9.37 Å². The average Bonchev–Trinajstić information content (AvgIpc) is 2.84. The van der Waals surface area contributed by atoms with E-state index in [1.807, 2.05) is 26.2 Å². The summed E-state index contributed by atoms with van der Waals surface area (Å²) < 4.78 is 13.8. The predicted octanol–water partition coefficient (Wildman–Crippen LogP) is 3.95. The number of halogens is 1. The van der Waals surface area contributed by atoms with E-state index in [-0.39, 0.29) is 23.0 Å². The first-order valence-corrected chi connectivity index (χ1v) is 8.36. The maximum atomic E-state index is 12.9. The molecule has 0 spiro atoms. The molecule has 2 rings (SSSR count). The van der Waals surface area contributed by atoms with Crippen molar-refractivity contribution in [2.45, 2.75) is 36.4 Å². The van der Waals surface area contributed by atoms with Crippen molar-refractivity contribution in [1.29, 1.82) is 0 Å². The summed E-state index contributed by atoms with van der Waals surface area (Å²) in [4.78, 5) is 16.5. The SMILES string of the molecule is Cc1csc(S[C@@H](C)C(=O)N[C@@H](C)c2ccc(F)cc2)n1. The second-order valence-corrected chi connectivity index (χ2v) is 7.24.